The standard InChI is InChI=1S/C14H9ClFN3O2/c15-12-3-1-2-9(14(12)16)8-18-13-5-4-11(19(20)21)6-10(13)7-17/h1-6,18H,8H2. The summed E-state index contributed by atoms with van der Waals surface area (Å²) in [7, 11) is 0. The molecule has 0 radical (unpaired) electrons. The van der Waals surface area contributed by atoms with E-state index < -0.39 is 10.7 Å². The Morgan fingerprint density at radius 2 is 2.14 bits per heavy atom. The maximum Gasteiger partial charge on any atom is 0.270 e. The largest absolute Gasteiger partial charge is 0.380 e. The van der Waals surface area contributed by atoms with Crippen LogP contribution in [-0.4, -0.2) is 4.92 Å². The molecule has 0 aromatic heterocycles. The Bertz CT molecular complexity index is 743. The lowest BCUT2D eigenvalue weighted by molar-refractivity contribution is -0.384. The Balaban J connectivity index is 2.22. The number of nitrogens with zero attached hydrogens (tertiary/aromatic N) is 2. The average molecular weight is 306 g/mol. The lowest BCUT2D eigenvalue weighted by Gasteiger charge is -2.09. The third kappa shape index (κ3) is 3.27. The molecule has 0 aliphatic heterocycles. The van der Waals surface area contributed by atoms with Crippen LogP contribution in [0.4, 0.5) is 15.8 Å². The average Bonchev–Trinajstić information content (AvgIpc) is 2.48. The zero-order valence-electron chi connectivity index (χ0n) is 10.6. The third-order valence-corrected chi connectivity index (χ3v) is 3.13. The van der Waals surface area contributed by atoms with Crippen LogP contribution in [0.15, 0.2) is 36.4 Å². The van der Waals surface area contributed by atoms with Gasteiger partial charge in [-0.25, -0.2) is 4.39 Å². The van der Waals surface area contributed by atoms with Crippen LogP contribution in [0.3, 0.4) is 0 Å². The van der Waals surface area contributed by atoms with Crippen LogP contribution in [0.1, 0.15) is 11.1 Å². The van der Waals surface area contributed by atoms with Crippen LogP contribution in [0.5, 0.6) is 0 Å². The maximum absolute atomic E-state index is 13.7. The highest BCUT2D eigenvalue weighted by molar-refractivity contribution is 6.30. The van der Waals surface area contributed by atoms with Crippen molar-refractivity contribution in [2.45, 2.75) is 6.54 Å². The first kappa shape index (κ1) is 14.8. The molecule has 0 spiro atoms. The highest BCUT2D eigenvalue weighted by Gasteiger charge is 2.11. The summed E-state index contributed by atoms with van der Waals surface area (Å²) in [5.41, 5.74) is 0.671. The summed E-state index contributed by atoms with van der Waals surface area (Å²) in [6.07, 6.45) is 0. The SMILES string of the molecule is N#Cc1cc([N+](=O)[O-])ccc1NCc1cccc(Cl)c1F. The molecular formula is C14H9ClFN3O2. The normalized spacial score (nSPS) is 9.95. The number of non-ortho nitro benzene ring substituents is 1. The first-order valence-corrected chi connectivity index (χ1v) is 6.26. The minimum atomic E-state index is -0.582. The zero-order chi connectivity index (χ0) is 15.4. The fourth-order valence-electron chi connectivity index (χ4n) is 1.77. The molecule has 0 saturated heterocycles. The second-order valence-corrected chi connectivity index (χ2v) is 4.57. The zero-order valence-corrected chi connectivity index (χ0v) is 11.4. The molecule has 0 saturated carbocycles. The number of nitro benzene ring substituents is 1. The predicted octanol–water partition coefficient (Wildman–Crippen LogP) is 3.87. The van der Waals surface area contributed by atoms with E-state index in [0.29, 0.717) is 11.3 Å². The topological polar surface area (TPSA) is 79.0 Å². The quantitative estimate of drug-likeness (QED) is 0.687. The number of rotatable bonds is 4. The van der Waals surface area contributed by atoms with Gasteiger partial charge in [0.1, 0.15) is 11.9 Å². The molecular weight excluding hydrogens is 297 g/mol. The molecule has 2 aromatic rings. The number of nitrogens with one attached hydrogen (secondary N) is 1. The van der Waals surface area contributed by atoms with Crippen LogP contribution >= 0.6 is 11.6 Å². The van der Waals surface area contributed by atoms with Gasteiger partial charge >= 0.3 is 0 Å². The van der Waals surface area contributed by atoms with E-state index in [1.165, 1.54) is 18.2 Å². The highest BCUT2D eigenvalue weighted by atomic mass is 35.5. The second kappa shape index (κ2) is 6.20. The van der Waals surface area contributed by atoms with Gasteiger partial charge in [0.15, 0.2) is 0 Å². The van der Waals surface area contributed by atoms with Gasteiger partial charge in [-0.3, -0.25) is 10.1 Å². The molecule has 5 nitrogen and oxygen atoms in total. The van der Waals surface area contributed by atoms with Crippen molar-refractivity contribution < 1.29 is 9.31 Å². The van der Waals surface area contributed by atoms with Crippen molar-refractivity contribution in [3.8, 4) is 6.07 Å². The number of nitro groups is 1. The van der Waals surface area contributed by atoms with E-state index in [9.17, 15) is 14.5 Å². The van der Waals surface area contributed by atoms with Gasteiger partial charge in [0.25, 0.3) is 5.69 Å². The Hall–Kier alpha value is -2.65. The van der Waals surface area contributed by atoms with Gasteiger partial charge in [-0.2, -0.15) is 5.26 Å². The van der Waals surface area contributed by atoms with Crippen molar-refractivity contribution >= 4 is 23.0 Å². The summed E-state index contributed by atoms with van der Waals surface area (Å²) in [6, 6.07) is 10.3. The van der Waals surface area contributed by atoms with E-state index >= 15 is 0 Å². The minimum Gasteiger partial charge on any atom is -0.380 e. The molecule has 2 rings (SSSR count). The van der Waals surface area contributed by atoms with Crippen LogP contribution in [0, 0.1) is 27.3 Å². The van der Waals surface area contributed by atoms with Crippen molar-refractivity contribution in [2.24, 2.45) is 0 Å². The second-order valence-electron chi connectivity index (χ2n) is 4.17. The molecule has 0 amide bonds. The Morgan fingerprint density at radius 3 is 2.81 bits per heavy atom. The molecule has 21 heavy (non-hydrogen) atoms. The van der Waals surface area contributed by atoms with Crippen LogP contribution < -0.4 is 5.32 Å². The number of benzene rings is 2. The monoisotopic (exact) mass is 305 g/mol. The van der Waals surface area contributed by atoms with Crippen molar-refractivity contribution in [2.75, 3.05) is 5.32 Å². The fraction of sp³-hybridized carbons (Fsp3) is 0.0714. The van der Waals surface area contributed by atoms with Gasteiger partial charge in [-0.15, -0.1) is 0 Å². The number of hydrogen-bond acceptors (Lipinski definition) is 4. The summed E-state index contributed by atoms with van der Waals surface area (Å²) in [4.78, 5) is 10.1. The molecule has 0 bridgehead atoms. The summed E-state index contributed by atoms with van der Waals surface area (Å²) in [5.74, 6) is -0.535. The van der Waals surface area contributed by atoms with E-state index in [4.69, 9.17) is 16.9 Å². The van der Waals surface area contributed by atoms with Gasteiger partial charge in [-0.05, 0) is 12.1 Å². The molecule has 0 fully saturated rings. The first-order chi connectivity index (χ1) is 10.0. The molecule has 7 heteroatoms. The Labute approximate surface area is 124 Å². The van der Waals surface area contributed by atoms with Gasteiger partial charge < -0.3 is 5.32 Å². The van der Waals surface area contributed by atoms with E-state index in [2.05, 4.69) is 5.32 Å². The van der Waals surface area contributed by atoms with Gasteiger partial charge in [0, 0.05) is 24.2 Å². The lowest BCUT2D eigenvalue weighted by atomic mass is 10.1. The van der Waals surface area contributed by atoms with Crippen LogP contribution in [0.2, 0.25) is 5.02 Å². The summed E-state index contributed by atoms with van der Waals surface area (Å²) < 4.78 is 13.7. The molecule has 0 aliphatic carbocycles. The molecule has 0 heterocycles. The van der Waals surface area contributed by atoms with Crippen molar-refractivity contribution in [1.29, 1.82) is 5.26 Å². The highest BCUT2D eigenvalue weighted by Crippen LogP contribution is 2.23. The fourth-order valence-corrected chi connectivity index (χ4v) is 1.96. The number of anilines is 1. The van der Waals surface area contributed by atoms with E-state index in [-0.39, 0.29) is 22.8 Å². The number of halogens is 2. The first-order valence-electron chi connectivity index (χ1n) is 5.88. The van der Waals surface area contributed by atoms with Crippen molar-refractivity contribution in [3.63, 3.8) is 0 Å². The number of hydrogen-bond donors (Lipinski definition) is 1. The Kier molecular flexibility index (Phi) is 4.36. The van der Waals surface area contributed by atoms with E-state index in [1.54, 1.807) is 12.1 Å². The molecule has 0 unspecified atom stereocenters. The minimum absolute atomic E-state index is 0.0125. The molecule has 0 aliphatic rings. The van der Waals surface area contributed by atoms with E-state index in [1.807, 2.05) is 6.07 Å². The lowest BCUT2D eigenvalue weighted by Crippen LogP contribution is -2.04. The van der Waals surface area contributed by atoms with Crippen molar-refractivity contribution in [3.05, 3.63) is 68.5 Å². The summed E-state index contributed by atoms with van der Waals surface area (Å²) in [6.45, 7) is 0.110. The van der Waals surface area contributed by atoms with Gasteiger partial charge in [-0.1, -0.05) is 23.7 Å². The summed E-state index contributed by atoms with van der Waals surface area (Å²) in [5, 5.41) is 22.5. The summed E-state index contributed by atoms with van der Waals surface area (Å²) >= 11 is 5.68. The Morgan fingerprint density at radius 1 is 1.38 bits per heavy atom. The number of nitriles is 1. The molecule has 1 N–H and O–H groups in total. The molecule has 2 aromatic carbocycles. The van der Waals surface area contributed by atoms with Crippen molar-refractivity contribution in [1.82, 2.24) is 0 Å². The molecule has 106 valence electrons. The maximum atomic E-state index is 13.7. The third-order valence-electron chi connectivity index (χ3n) is 2.84. The molecule has 0 atom stereocenters. The predicted molar refractivity (Wildman–Crippen MR) is 76.5 cm³/mol. The van der Waals surface area contributed by atoms with Gasteiger partial charge in [0.2, 0.25) is 0 Å². The van der Waals surface area contributed by atoms with Crippen LogP contribution in [-0.2, 0) is 6.54 Å². The van der Waals surface area contributed by atoms with Gasteiger partial charge in [0.05, 0.1) is 21.2 Å². The van der Waals surface area contributed by atoms with Crippen LogP contribution in [0.25, 0.3) is 0 Å². The smallest absolute Gasteiger partial charge is 0.270 e. The van der Waals surface area contributed by atoms with E-state index in [0.717, 1.165) is 6.07 Å².